The van der Waals surface area contributed by atoms with Crippen molar-refractivity contribution in [2.75, 3.05) is 122 Å². The largest absolute Gasteiger partial charge is 0.490 e. The van der Waals surface area contributed by atoms with Gasteiger partial charge < -0.3 is 28.7 Å². The molecular formula is C55H66N12O10. The second-order valence-corrected chi connectivity index (χ2v) is 19.2. The number of urea groups is 2. The Morgan fingerprint density at radius 2 is 1.17 bits per heavy atom. The number of anilines is 4. The van der Waals surface area contributed by atoms with Crippen LogP contribution >= 0.6 is 0 Å². The van der Waals surface area contributed by atoms with E-state index < -0.39 is 12.1 Å². The maximum atomic E-state index is 13.0. The van der Waals surface area contributed by atoms with Gasteiger partial charge in [0.15, 0.2) is 12.6 Å². The first-order valence-corrected chi connectivity index (χ1v) is 25.4. The molecule has 4 fully saturated rings. The normalized spacial score (nSPS) is 15.8. The lowest BCUT2D eigenvalue weighted by molar-refractivity contribution is -0.136. The number of piperazine rings is 2. The number of carbonyl (C=O) groups excluding carboxylic acids is 6. The molecule has 406 valence electrons. The van der Waals surface area contributed by atoms with Crippen molar-refractivity contribution in [3.63, 3.8) is 0 Å². The maximum Gasteiger partial charge on any atom is 0.328 e. The minimum absolute atomic E-state index is 0.00113. The second-order valence-electron chi connectivity index (χ2n) is 19.2. The van der Waals surface area contributed by atoms with Crippen molar-refractivity contribution in [2.45, 2.75) is 51.8 Å². The van der Waals surface area contributed by atoms with Gasteiger partial charge >= 0.3 is 12.1 Å². The van der Waals surface area contributed by atoms with Gasteiger partial charge in [0.05, 0.1) is 37.4 Å². The van der Waals surface area contributed by atoms with E-state index in [1.807, 2.05) is 30.8 Å². The number of hydrogen-bond acceptors (Lipinski definition) is 16. The van der Waals surface area contributed by atoms with Crippen LogP contribution in [0.5, 0.6) is 11.5 Å². The summed E-state index contributed by atoms with van der Waals surface area (Å²) in [4.78, 5) is 102. The Hall–Kier alpha value is -8.02. The van der Waals surface area contributed by atoms with Crippen LogP contribution in [0.1, 0.15) is 75.8 Å². The molecule has 0 aromatic carbocycles. The van der Waals surface area contributed by atoms with Gasteiger partial charge in [0.25, 0.3) is 0 Å². The van der Waals surface area contributed by atoms with Crippen LogP contribution in [0.2, 0.25) is 0 Å². The van der Waals surface area contributed by atoms with Crippen molar-refractivity contribution >= 4 is 59.7 Å². The molecule has 0 unspecified atom stereocenters. The van der Waals surface area contributed by atoms with Crippen molar-refractivity contribution in [2.24, 2.45) is 11.8 Å². The summed E-state index contributed by atoms with van der Waals surface area (Å²) >= 11 is 0. The predicted molar refractivity (Wildman–Crippen MR) is 287 cm³/mol. The highest BCUT2D eigenvalue weighted by molar-refractivity contribution is 6.01. The van der Waals surface area contributed by atoms with Gasteiger partial charge in [-0.3, -0.25) is 49.4 Å². The van der Waals surface area contributed by atoms with Gasteiger partial charge in [0.1, 0.15) is 58.9 Å². The highest BCUT2D eigenvalue weighted by Crippen LogP contribution is 2.30. The number of nitrogens with zero attached hydrogens (tertiary/aromatic N) is 10. The van der Waals surface area contributed by atoms with Gasteiger partial charge in [-0.1, -0.05) is 35.8 Å². The molecular weight excluding hydrogens is 989 g/mol. The number of likely N-dealkylation sites (N-methyl/N-ethyl adjacent to an activating group) is 2. The van der Waals surface area contributed by atoms with Crippen LogP contribution < -0.4 is 29.9 Å². The number of rotatable bonds is 18. The Bertz CT molecular complexity index is 2930. The molecule has 2 N–H and O–H groups in total. The number of carbonyl (C=O) groups is 6. The number of methoxy groups -OCH3 is 2. The molecule has 4 aromatic rings. The Morgan fingerprint density at radius 1 is 0.701 bits per heavy atom. The molecule has 6 amide bonds. The monoisotopic (exact) mass is 1050 g/mol. The average Bonchev–Trinajstić information content (AvgIpc) is 4.37. The van der Waals surface area contributed by atoms with Gasteiger partial charge in [-0.15, -0.1) is 0 Å². The van der Waals surface area contributed by atoms with Crippen LogP contribution in [0.15, 0.2) is 48.8 Å². The van der Waals surface area contributed by atoms with Crippen LogP contribution in [0, 0.1) is 35.5 Å². The maximum absolute atomic E-state index is 13.0. The van der Waals surface area contributed by atoms with E-state index in [-0.39, 0.29) is 65.7 Å². The van der Waals surface area contributed by atoms with Crippen molar-refractivity contribution < 1.29 is 47.7 Å². The molecule has 4 aromatic heterocycles. The first-order valence-electron chi connectivity index (χ1n) is 25.4. The van der Waals surface area contributed by atoms with Crippen LogP contribution in [0.3, 0.4) is 0 Å². The van der Waals surface area contributed by atoms with E-state index in [0.717, 1.165) is 38.8 Å². The predicted octanol–water partition coefficient (Wildman–Crippen LogP) is 4.42. The third-order valence-corrected chi connectivity index (χ3v) is 12.7. The fourth-order valence-electron chi connectivity index (χ4n) is 7.77. The van der Waals surface area contributed by atoms with Crippen LogP contribution in [-0.2, 0) is 32.2 Å². The number of pyridine rings is 4. The van der Waals surface area contributed by atoms with Gasteiger partial charge in [0.2, 0.25) is 11.8 Å². The first-order chi connectivity index (χ1) is 37.1. The van der Waals surface area contributed by atoms with Crippen molar-refractivity contribution in [1.82, 2.24) is 39.5 Å². The zero-order chi connectivity index (χ0) is 55.0. The summed E-state index contributed by atoms with van der Waals surface area (Å²) in [5.41, 5.74) is 2.89. The Balaban J connectivity index is 0.000000224. The first kappa shape index (κ1) is 56.7. The average molecular weight is 1060 g/mol. The van der Waals surface area contributed by atoms with Gasteiger partial charge in [-0.05, 0) is 58.8 Å². The fraction of sp³-hybridized carbons (Fsp3) is 0.455. The van der Waals surface area contributed by atoms with E-state index >= 15 is 0 Å². The number of aromatic nitrogens is 4. The lowest BCUT2D eigenvalue weighted by atomic mass is 10.1. The lowest BCUT2D eigenvalue weighted by Crippen LogP contribution is -2.48. The van der Waals surface area contributed by atoms with E-state index in [1.165, 1.54) is 9.80 Å². The minimum Gasteiger partial charge on any atom is -0.490 e. The van der Waals surface area contributed by atoms with E-state index in [2.05, 4.69) is 54.3 Å². The number of hydrogen-bond donors (Lipinski definition) is 2. The highest BCUT2D eigenvalue weighted by Gasteiger charge is 2.26. The third kappa shape index (κ3) is 16.5. The molecule has 1 atom stereocenters. The zero-order valence-electron chi connectivity index (χ0n) is 44.7. The SMILES string of the molecule is COCCOc1cc(NC(=O)N(C)c2ccc(CN3CCN(C)CC3=O)c(C=O)n2)ncc1C#CC1CC1.COC[C@@H](C)Oc1cc(NC(=O)N(C)c2ccc(CN3CCN(C)CC3=O)c(C=O)n2)ncc1C#CC1CC1. The number of ether oxygens (including phenoxy) is 4. The summed E-state index contributed by atoms with van der Waals surface area (Å²) in [5, 5.41) is 5.48. The smallest absolute Gasteiger partial charge is 0.328 e. The molecule has 0 spiro atoms. The molecule has 2 saturated heterocycles. The zero-order valence-corrected chi connectivity index (χ0v) is 44.7. The van der Waals surface area contributed by atoms with E-state index in [9.17, 15) is 28.8 Å². The molecule has 77 heavy (non-hydrogen) atoms. The van der Waals surface area contributed by atoms with Crippen molar-refractivity contribution in [3.05, 3.63) is 82.4 Å². The topological polar surface area (TPSA) is 234 Å². The standard InChI is InChI=1S/C28H34N6O5.C27H32N6O5/c1-19(18-38-4)39-24-13-25(29-14-21(24)8-7-20-5-6-20)31-28(37)33(3)26-10-9-22(23(17-35)30-26)15-34-12-11-32(2)16-27(34)36;1-31-10-11-33(26(35)17-31)16-21-8-9-25(29-22(21)18-34)32(2)27(36)30-24-14-23(38-13-12-37-3)20(15-28-24)7-6-19-4-5-19/h9-10,13-14,17,19-20H,5-6,11-12,15-16,18H2,1-4H3,(H,29,31,37);8-9,14-15,18-19H,4-5,10-13,16-17H2,1-3H3,(H,28,30,36)/t19-;/m1./s1. The quantitative estimate of drug-likeness (QED) is 0.0797. The van der Waals surface area contributed by atoms with E-state index in [4.69, 9.17) is 18.9 Å². The lowest BCUT2D eigenvalue weighted by Gasteiger charge is -2.32. The molecule has 22 heteroatoms. The van der Waals surface area contributed by atoms with Gasteiger partial charge in [0, 0.05) is 115 Å². The second kappa shape index (κ2) is 27.2. The third-order valence-electron chi connectivity index (χ3n) is 12.7. The van der Waals surface area contributed by atoms with Crippen LogP contribution in [0.25, 0.3) is 0 Å². The molecule has 0 radical (unpaired) electrons. The van der Waals surface area contributed by atoms with Crippen molar-refractivity contribution in [1.29, 1.82) is 0 Å². The highest BCUT2D eigenvalue weighted by atomic mass is 16.5. The van der Waals surface area contributed by atoms with Crippen LogP contribution in [-0.4, -0.2) is 184 Å². The summed E-state index contributed by atoms with van der Waals surface area (Å²) in [6.07, 6.45) is 8.62. The fourth-order valence-corrected chi connectivity index (χ4v) is 7.77. The van der Waals surface area contributed by atoms with E-state index in [0.29, 0.717) is 104 Å². The van der Waals surface area contributed by atoms with Crippen molar-refractivity contribution in [3.8, 4) is 35.2 Å². The molecule has 2 saturated carbocycles. The Labute approximate surface area is 448 Å². The summed E-state index contributed by atoms with van der Waals surface area (Å²) < 4.78 is 22.0. The summed E-state index contributed by atoms with van der Waals surface area (Å²) in [5.74, 6) is 15.6. The minimum atomic E-state index is -0.499. The summed E-state index contributed by atoms with van der Waals surface area (Å²) in [6, 6.07) is 8.99. The van der Waals surface area contributed by atoms with Crippen LogP contribution in [0.4, 0.5) is 32.9 Å². The number of amides is 6. The summed E-state index contributed by atoms with van der Waals surface area (Å²) in [6.45, 7) is 6.94. The molecule has 22 nitrogen and oxygen atoms in total. The molecule has 8 rings (SSSR count). The molecule has 2 aliphatic carbocycles. The van der Waals surface area contributed by atoms with Gasteiger partial charge in [-0.25, -0.2) is 29.5 Å². The molecule has 4 aliphatic rings. The van der Waals surface area contributed by atoms with E-state index in [1.54, 1.807) is 86.9 Å². The number of nitrogens with one attached hydrogen (secondary N) is 2. The Morgan fingerprint density at radius 3 is 1.60 bits per heavy atom. The summed E-state index contributed by atoms with van der Waals surface area (Å²) in [7, 11) is 10.1. The molecule has 6 heterocycles. The Kier molecular flexibility index (Phi) is 20.0. The molecule has 0 bridgehead atoms. The molecule has 2 aliphatic heterocycles. The number of aldehydes is 2. The van der Waals surface area contributed by atoms with Gasteiger partial charge in [-0.2, -0.15) is 0 Å².